The van der Waals surface area contributed by atoms with Crippen LogP contribution in [0, 0.1) is 10.8 Å². The smallest absolute Gasteiger partial charge is 0.247 e. The van der Waals surface area contributed by atoms with E-state index in [0.29, 0.717) is 11.8 Å². The summed E-state index contributed by atoms with van der Waals surface area (Å²) in [4.78, 5) is 0. The Hall–Kier alpha value is -2.08. The molecule has 0 radical (unpaired) electrons. The summed E-state index contributed by atoms with van der Waals surface area (Å²) in [5.41, 5.74) is 4.25. The highest BCUT2D eigenvalue weighted by Gasteiger charge is 2.22. The van der Waals surface area contributed by atoms with Crippen LogP contribution < -0.4 is 0 Å². The van der Waals surface area contributed by atoms with Crippen LogP contribution in [0.2, 0.25) is 0 Å². The number of hydrogen-bond acceptors (Lipinski definition) is 6. The molecule has 0 fully saturated rings. The van der Waals surface area contributed by atoms with E-state index >= 15 is 0 Å². The van der Waals surface area contributed by atoms with Crippen molar-refractivity contribution in [1.82, 2.24) is 20.4 Å². The topological polar surface area (TPSA) is 64.7 Å². The van der Waals surface area contributed by atoms with E-state index in [2.05, 4.69) is 73.2 Å². The van der Waals surface area contributed by atoms with Gasteiger partial charge in [0.2, 0.25) is 11.8 Å². The third-order valence-electron chi connectivity index (χ3n) is 4.04. The molecule has 3 rings (SSSR count). The van der Waals surface area contributed by atoms with E-state index in [4.69, 9.17) is 4.42 Å². The zero-order chi connectivity index (χ0) is 18.8. The first kappa shape index (κ1) is 18.7. The van der Waals surface area contributed by atoms with E-state index in [1.807, 2.05) is 6.07 Å². The average Bonchev–Trinajstić information content (AvgIpc) is 3.17. The van der Waals surface area contributed by atoms with Crippen molar-refractivity contribution >= 4 is 11.3 Å². The lowest BCUT2D eigenvalue weighted by Crippen LogP contribution is -2.18. The first-order valence-electron chi connectivity index (χ1n) is 8.87. The molecule has 2 aromatic heterocycles. The SMILES string of the molecule is CC(C)(C)Cc1nnc(-c2cccc(CC(C)(C)Cc3nncs3)c2)o1. The first-order valence-corrected chi connectivity index (χ1v) is 9.75. The van der Waals surface area contributed by atoms with Gasteiger partial charge in [0.25, 0.3) is 0 Å². The zero-order valence-electron chi connectivity index (χ0n) is 16.1. The fourth-order valence-corrected chi connectivity index (χ4v) is 3.79. The standard InChI is InChI=1S/C20H26N4OS/c1-19(2,3)11-16-22-24-18(25-16)15-8-6-7-14(9-15)10-20(4,5)12-17-23-21-13-26-17/h6-9,13H,10-12H2,1-5H3. The second kappa shape index (κ2) is 7.27. The molecule has 0 aliphatic heterocycles. The minimum absolute atomic E-state index is 0.102. The highest BCUT2D eigenvalue weighted by Crippen LogP contribution is 2.29. The van der Waals surface area contributed by atoms with E-state index < -0.39 is 0 Å². The quantitative estimate of drug-likeness (QED) is 0.612. The van der Waals surface area contributed by atoms with E-state index in [0.717, 1.165) is 29.8 Å². The lowest BCUT2D eigenvalue weighted by atomic mass is 9.82. The highest BCUT2D eigenvalue weighted by atomic mass is 32.1. The van der Waals surface area contributed by atoms with Gasteiger partial charge in [0.05, 0.1) is 0 Å². The van der Waals surface area contributed by atoms with Gasteiger partial charge in [-0.25, -0.2) is 0 Å². The van der Waals surface area contributed by atoms with Crippen LogP contribution in [0.1, 0.15) is 51.1 Å². The average molecular weight is 371 g/mol. The molecule has 0 N–H and O–H groups in total. The Morgan fingerprint density at radius 2 is 1.77 bits per heavy atom. The van der Waals surface area contributed by atoms with Gasteiger partial charge in [-0.1, -0.05) is 46.8 Å². The van der Waals surface area contributed by atoms with Gasteiger partial charge in [-0.15, -0.1) is 31.7 Å². The molecule has 0 bridgehead atoms. The summed E-state index contributed by atoms with van der Waals surface area (Å²) >= 11 is 1.61. The van der Waals surface area contributed by atoms with Gasteiger partial charge in [0.15, 0.2) is 0 Å². The van der Waals surface area contributed by atoms with Crippen LogP contribution in [0.5, 0.6) is 0 Å². The molecular formula is C20H26N4OS. The molecule has 5 nitrogen and oxygen atoms in total. The first-order chi connectivity index (χ1) is 12.2. The van der Waals surface area contributed by atoms with E-state index in [9.17, 15) is 0 Å². The molecule has 1 aromatic carbocycles. The summed E-state index contributed by atoms with van der Waals surface area (Å²) in [6.07, 6.45) is 2.64. The Morgan fingerprint density at radius 3 is 2.46 bits per heavy atom. The molecule has 26 heavy (non-hydrogen) atoms. The lowest BCUT2D eigenvalue weighted by molar-refractivity contribution is 0.356. The third-order valence-corrected chi connectivity index (χ3v) is 4.74. The van der Waals surface area contributed by atoms with Crippen molar-refractivity contribution in [2.75, 3.05) is 0 Å². The summed E-state index contributed by atoms with van der Waals surface area (Å²) < 4.78 is 5.88. The number of benzene rings is 1. The molecule has 0 atom stereocenters. The van der Waals surface area contributed by atoms with Gasteiger partial charge in [0, 0.05) is 18.4 Å². The maximum atomic E-state index is 5.88. The molecule has 0 aliphatic rings. The predicted molar refractivity (Wildman–Crippen MR) is 104 cm³/mol. The van der Waals surface area contributed by atoms with Gasteiger partial charge < -0.3 is 4.42 Å². The molecule has 0 saturated carbocycles. The second-order valence-electron chi connectivity index (χ2n) is 8.79. The summed E-state index contributed by atoms with van der Waals surface area (Å²) in [5, 5.41) is 17.6. The second-order valence-corrected chi connectivity index (χ2v) is 9.71. The van der Waals surface area contributed by atoms with Crippen molar-refractivity contribution in [3.8, 4) is 11.5 Å². The van der Waals surface area contributed by atoms with Crippen LogP contribution in [-0.2, 0) is 19.3 Å². The number of hydrogen-bond donors (Lipinski definition) is 0. The summed E-state index contributed by atoms with van der Waals surface area (Å²) in [7, 11) is 0. The summed E-state index contributed by atoms with van der Waals surface area (Å²) in [6.45, 7) is 11.0. The summed E-state index contributed by atoms with van der Waals surface area (Å²) in [5.74, 6) is 1.28. The molecular weight excluding hydrogens is 344 g/mol. The van der Waals surface area contributed by atoms with Crippen molar-refractivity contribution in [2.24, 2.45) is 10.8 Å². The lowest BCUT2D eigenvalue weighted by Gasteiger charge is -2.23. The predicted octanol–water partition coefficient (Wildman–Crippen LogP) is 4.99. The molecule has 6 heteroatoms. The number of rotatable bonds is 6. The van der Waals surface area contributed by atoms with Gasteiger partial charge in [-0.05, 0) is 34.9 Å². The van der Waals surface area contributed by atoms with Gasteiger partial charge in [-0.3, -0.25) is 0 Å². The molecule has 138 valence electrons. The van der Waals surface area contributed by atoms with Crippen LogP contribution in [0.3, 0.4) is 0 Å². The van der Waals surface area contributed by atoms with Crippen molar-refractivity contribution < 1.29 is 4.42 Å². The Balaban J connectivity index is 1.74. The monoisotopic (exact) mass is 370 g/mol. The van der Waals surface area contributed by atoms with E-state index in [1.54, 1.807) is 16.8 Å². The van der Waals surface area contributed by atoms with Gasteiger partial charge >= 0.3 is 0 Å². The van der Waals surface area contributed by atoms with Crippen LogP contribution in [0.4, 0.5) is 0 Å². The fourth-order valence-electron chi connectivity index (χ4n) is 3.01. The maximum Gasteiger partial charge on any atom is 0.247 e. The molecule has 0 amide bonds. The zero-order valence-corrected chi connectivity index (χ0v) is 16.9. The molecule has 0 unspecified atom stereocenters. The summed E-state index contributed by atoms with van der Waals surface area (Å²) in [6, 6.07) is 8.38. The highest BCUT2D eigenvalue weighted by molar-refractivity contribution is 7.09. The molecule has 0 saturated heterocycles. The molecule has 0 spiro atoms. The third kappa shape index (κ3) is 5.21. The Labute approximate surface area is 158 Å². The van der Waals surface area contributed by atoms with Crippen LogP contribution in [0.25, 0.3) is 11.5 Å². The largest absolute Gasteiger partial charge is 0.421 e. The van der Waals surface area contributed by atoms with Crippen LogP contribution in [0.15, 0.2) is 34.2 Å². The Bertz CT molecular complexity index is 847. The maximum absolute atomic E-state index is 5.88. The molecule has 2 heterocycles. The minimum Gasteiger partial charge on any atom is -0.421 e. The number of aromatic nitrogens is 4. The normalized spacial score (nSPS) is 12.5. The van der Waals surface area contributed by atoms with Crippen molar-refractivity contribution in [1.29, 1.82) is 0 Å². The van der Waals surface area contributed by atoms with E-state index in [1.165, 1.54) is 5.56 Å². The fraction of sp³-hybridized carbons (Fsp3) is 0.500. The minimum atomic E-state index is 0.102. The van der Waals surface area contributed by atoms with Crippen LogP contribution >= 0.6 is 11.3 Å². The van der Waals surface area contributed by atoms with Crippen molar-refractivity contribution in [2.45, 2.75) is 53.9 Å². The Kier molecular flexibility index (Phi) is 5.23. The van der Waals surface area contributed by atoms with E-state index in [-0.39, 0.29) is 10.8 Å². The van der Waals surface area contributed by atoms with Crippen molar-refractivity contribution in [3.63, 3.8) is 0 Å². The number of nitrogens with zero attached hydrogens (tertiary/aromatic N) is 4. The van der Waals surface area contributed by atoms with Gasteiger partial charge in [0.1, 0.15) is 10.5 Å². The van der Waals surface area contributed by atoms with Gasteiger partial charge in [-0.2, -0.15) is 0 Å². The molecule has 0 aliphatic carbocycles. The van der Waals surface area contributed by atoms with Crippen molar-refractivity contribution in [3.05, 3.63) is 46.2 Å². The Morgan fingerprint density at radius 1 is 0.962 bits per heavy atom. The molecule has 3 aromatic rings. The van der Waals surface area contributed by atoms with Crippen LogP contribution in [-0.4, -0.2) is 20.4 Å².